The summed E-state index contributed by atoms with van der Waals surface area (Å²) >= 11 is 0. The van der Waals surface area contributed by atoms with E-state index < -0.39 is 11.6 Å². The summed E-state index contributed by atoms with van der Waals surface area (Å²) in [5, 5.41) is 5.62. The van der Waals surface area contributed by atoms with Crippen LogP contribution in [-0.2, 0) is 9.53 Å². The number of rotatable bonds is 4. The molecule has 0 aliphatic carbocycles. The van der Waals surface area contributed by atoms with E-state index in [0.717, 1.165) is 25.0 Å². The minimum atomic E-state index is -0.935. The van der Waals surface area contributed by atoms with E-state index in [1.54, 1.807) is 0 Å². The standard InChI is InChI=1S/C13H16F2N2O2/c14-11-2-1-10(7-12(11)15)16-8-13(18)17-9-3-5-19-6-4-9/h1-2,7,9,16H,3-6,8H2,(H,17,18). The summed E-state index contributed by atoms with van der Waals surface area (Å²) in [5.74, 6) is -2.01. The summed E-state index contributed by atoms with van der Waals surface area (Å²) < 4.78 is 30.9. The van der Waals surface area contributed by atoms with Crippen molar-refractivity contribution in [3.8, 4) is 0 Å². The monoisotopic (exact) mass is 270 g/mol. The predicted molar refractivity (Wildman–Crippen MR) is 66.8 cm³/mol. The van der Waals surface area contributed by atoms with Gasteiger partial charge in [-0.15, -0.1) is 0 Å². The van der Waals surface area contributed by atoms with Gasteiger partial charge in [-0.3, -0.25) is 4.79 Å². The Bertz CT molecular complexity index is 448. The number of anilines is 1. The third-order valence-electron chi connectivity index (χ3n) is 2.96. The van der Waals surface area contributed by atoms with Crippen molar-refractivity contribution in [3.05, 3.63) is 29.8 Å². The zero-order valence-corrected chi connectivity index (χ0v) is 10.4. The molecule has 0 saturated carbocycles. The Kier molecular flexibility index (Phi) is 4.68. The number of amides is 1. The molecule has 1 aromatic carbocycles. The maximum absolute atomic E-state index is 12.9. The number of nitrogens with one attached hydrogen (secondary N) is 2. The molecular formula is C13H16F2N2O2. The van der Waals surface area contributed by atoms with Gasteiger partial charge in [-0.2, -0.15) is 0 Å². The molecule has 0 aromatic heterocycles. The van der Waals surface area contributed by atoms with Crippen LogP contribution in [0.2, 0.25) is 0 Å². The zero-order chi connectivity index (χ0) is 13.7. The fourth-order valence-electron chi connectivity index (χ4n) is 1.91. The van der Waals surface area contributed by atoms with Crippen molar-refractivity contribution in [2.24, 2.45) is 0 Å². The van der Waals surface area contributed by atoms with Gasteiger partial charge in [0.05, 0.1) is 6.54 Å². The number of carbonyl (C=O) groups is 1. The Labute approximate surface area is 110 Å². The van der Waals surface area contributed by atoms with Crippen LogP contribution in [0.25, 0.3) is 0 Å². The van der Waals surface area contributed by atoms with E-state index in [0.29, 0.717) is 18.9 Å². The summed E-state index contributed by atoms with van der Waals surface area (Å²) in [6.07, 6.45) is 1.60. The molecule has 2 rings (SSSR count). The second kappa shape index (κ2) is 6.47. The quantitative estimate of drug-likeness (QED) is 0.875. The van der Waals surface area contributed by atoms with Crippen LogP contribution in [-0.4, -0.2) is 31.7 Å². The average Bonchev–Trinajstić information content (AvgIpc) is 2.41. The average molecular weight is 270 g/mol. The number of carbonyl (C=O) groups excluding carboxylic acids is 1. The molecule has 1 fully saturated rings. The lowest BCUT2D eigenvalue weighted by atomic mass is 10.1. The lowest BCUT2D eigenvalue weighted by molar-refractivity contribution is -0.120. The minimum Gasteiger partial charge on any atom is -0.381 e. The van der Waals surface area contributed by atoms with Crippen LogP contribution in [0.1, 0.15) is 12.8 Å². The number of ether oxygens (including phenoxy) is 1. The highest BCUT2D eigenvalue weighted by Gasteiger charge is 2.15. The number of hydrogen-bond donors (Lipinski definition) is 2. The Morgan fingerprint density at radius 1 is 1.26 bits per heavy atom. The smallest absolute Gasteiger partial charge is 0.239 e. The minimum absolute atomic E-state index is 0.0302. The number of hydrogen-bond acceptors (Lipinski definition) is 3. The van der Waals surface area contributed by atoms with Crippen LogP contribution in [0.5, 0.6) is 0 Å². The van der Waals surface area contributed by atoms with Gasteiger partial charge in [0, 0.05) is 31.0 Å². The molecule has 104 valence electrons. The van der Waals surface area contributed by atoms with Gasteiger partial charge in [0.2, 0.25) is 5.91 Å². The van der Waals surface area contributed by atoms with Crippen LogP contribution >= 0.6 is 0 Å². The van der Waals surface area contributed by atoms with Gasteiger partial charge in [-0.05, 0) is 25.0 Å². The zero-order valence-electron chi connectivity index (χ0n) is 10.4. The van der Waals surface area contributed by atoms with Crippen molar-refractivity contribution in [1.29, 1.82) is 0 Å². The maximum atomic E-state index is 12.9. The van der Waals surface area contributed by atoms with E-state index >= 15 is 0 Å². The van der Waals surface area contributed by atoms with E-state index in [-0.39, 0.29) is 18.5 Å². The fraction of sp³-hybridized carbons (Fsp3) is 0.462. The third kappa shape index (κ3) is 4.17. The highest BCUT2D eigenvalue weighted by Crippen LogP contribution is 2.12. The van der Waals surface area contributed by atoms with Crippen molar-refractivity contribution in [1.82, 2.24) is 5.32 Å². The van der Waals surface area contributed by atoms with Crippen molar-refractivity contribution in [2.45, 2.75) is 18.9 Å². The molecule has 0 spiro atoms. The molecule has 0 bridgehead atoms. The number of halogens is 2. The Balaban J connectivity index is 1.77. The van der Waals surface area contributed by atoms with Crippen LogP contribution in [0.4, 0.5) is 14.5 Å². The first-order chi connectivity index (χ1) is 9.15. The van der Waals surface area contributed by atoms with Gasteiger partial charge < -0.3 is 15.4 Å². The second-order valence-electron chi connectivity index (χ2n) is 4.44. The van der Waals surface area contributed by atoms with Crippen LogP contribution in [0.3, 0.4) is 0 Å². The molecule has 6 heteroatoms. The van der Waals surface area contributed by atoms with E-state index in [1.807, 2.05) is 0 Å². The molecule has 1 amide bonds. The molecular weight excluding hydrogens is 254 g/mol. The third-order valence-corrected chi connectivity index (χ3v) is 2.96. The van der Waals surface area contributed by atoms with E-state index in [2.05, 4.69) is 10.6 Å². The van der Waals surface area contributed by atoms with Gasteiger partial charge in [0.15, 0.2) is 11.6 Å². The lowest BCUT2D eigenvalue weighted by Crippen LogP contribution is -2.41. The summed E-state index contributed by atoms with van der Waals surface area (Å²) in [6.45, 7) is 1.34. The first kappa shape index (κ1) is 13.7. The normalized spacial score (nSPS) is 16.1. The summed E-state index contributed by atoms with van der Waals surface area (Å²) in [5.41, 5.74) is 0.376. The van der Waals surface area contributed by atoms with Gasteiger partial charge >= 0.3 is 0 Å². The van der Waals surface area contributed by atoms with E-state index in [9.17, 15) is 13.6 Å². The van der Waals surface area contributed by atoms with Gasteiger partial charge in [-0.25, -0.2) is 8.78 Å². The largest absolute Gasteiger partial charge is 0.381 e. The summed E-state index contributed by atoms with van der Waals surface area (Å²) in [7, 11) is 0. The molecule has 4 nitrogen and oxygen atoms in total. The lowest BCUT2D eigenvalue weighted by Gasteiger charge is -2.23. The predicted octanol–water partition coefficient (Wildman–Crippen LogP) is 1.67. The molecule has 0 radical (unpaired) electrons. The van der Waals surface area contributed by atoms with E-state index in [1.165, 1.54) is 6.07 Å². The Hall–Kier alpha value is -1.69. The molecule has 2 N–H and O–H groups in total. The van der Waals surface area contributed by atoms with Crippen molar-refractivity contribution in [2.75, 3.05) is 25.1 Å². The molecule has 0 atom stereocenters. The first-order valence-electron chi connectivity index (χ1n) is 6.21. The summed E-state index contributed by atoms with van der Waals surface area (Å²) in [6, 6.07) is 3.57. The van der Waals surface area contributed by atoms with Crippen molar-refractivity contribution < 1.29 is 18.3 Å². The van der Waals surface area contributed by atoms with Crippen molar-refractivity contribution >= 4 is 11.6 Å². The summed E-state index contributed by atoms with van der Waals surface area (Å²) in [4.78, 5) is 11.7. The molecule has 0 unspecified atom stereocenters. The first-order valence-corrected chi connectivity index (χ1v) is 6.21. The topological polar surface area (TPSA) is 50.4 Å². The van der Waals surface area contributed by atoms with Gasteiger partial charge in [-0.1, -0.05) is 0 Å². The van der Waals surface area contributed by atoms with Crippen LogP contribution in [0.15, 0.2) is 18.2 Å². The molecule has 1 aliphatic heterocycles. The number of benzene rings is 1. The Morgan fingerprint density at radius 3 is 2.68 bits per heavy atom. The van der Waals surface area contributed by atoms with Crippen LogP contribution in [0, 0.1) is 11.6 Å². The van der Waals surface area contributed by atoms with E-state index in [4.69, 9.17) is 4.74 Å². The molecule has 19 heavy (non-hydrogen) atoms. The molecule has 1 heterocycles. The maximum Gasteiger partial charge on any atom is 0.239 e. The second-order valence-corrected chi connectivity index (χ2v) is 4.44. The molecule has 1 aliphatic rings. The van der Waals surface area contributed by atoms with Gasteiger partial charge in [0.1, 0.15) is 0 Å². The van der Waals surface area contributed by atoms with Crippen molar-refractivity contribution in [3.63, 3.8) is 0 Å². The SMILES string of the molecule is O=C(CNc1ccc(F)c(F)c1)NC1CCOCC1. The van der Waals surface area contributed by atoms with Crippen LogP contribution < -0.4 is 10.6 Å². The van der Waals surface area contributed by atoms with Gasteiger partial charge in [0.25, 0.3) is 0 Å². The highest BCUT2D eigenvalue weighted by atomic mass is 19.2. The Morgan fingerprint density at radius 2 is 2.00 bits per heavy atom. The fourth-order valence-corrected chi connectivity index (χ4v) is 1.91. The molecule has 1 aromatic rings. The molecule has 1 saturated heterocycles. The highest BCUT2D eigenvalue weighted by molar-refractivity contribution is 5.80.